The molecule has 1 saturated carbocycles. The van der Waals surface area contributed by atoms with Crippen molar-refractivity contribution in [1.29, 1.82) is 0 Å². The van der Waals surface area contributed by atoms with Gasteiger partial charge >= 0.3 is 0 Å². The van der Waals surface area contributed by atoms with Gasteiger partial charge in [0.1, 0.15) is 0 Å². The first-order valence-corrected chi connectivity index (χ1v) is 8.72. The zero-order chi connectivity index (χ0) is 14.8. The molecule has 1 saturated heterocycles. The van der Waals surface area contributed by atoms with Crippen LogP contribution in [-0.4, -0.2) is 43.9 Å². The van der Waals surface area contributed by atoms with E-state index in [0.29, 0.717) is 22.9 Å². The number of carbonyl (C=O) groups is 1. The Labute approximate surface area is 129 Å². The lowest BCUT2D eigenvalue weighted by Crippen LogP contribution is -2.50. The fourth-order valence-electron chi connectivity index (χ4n) is 3.60. The van der Waals surface area contributed by atoms with Gasteiger partial charge in [-0.15, -0.1) is 10.2 Å². The molecule has 1 aromatic rings. The number of thioether (sulfide) groups is 1. The maximum absolute atomic E-state index is 12.6. The number of amides is 1. The van der Waals surface area contributed by atoms with E-state index in [1.807, 2.05) is 7.05 Å². The zero-order valence-corrected chi connectivity index (χ0v) is 13.3. The van der Waals surface area contributed by atoms with Crippen molar-refractivity contribution in [1.82, 2.24) is 19.7 Å². The lowest BCUT2D eigenvalue weighted by atomic mass is 9.78. The molecule has 2 fully saturated rings. The quantitative estimate of drug-likeness (QED) is 0.859. The molecule has 1 aromatic heterocycles. The minimum atomic E-state index is 0.234. The van der Waals surface area contributed by atoms with E-state index in [2.05, 4.69) is 15.1 Å². The van der Waals surface area contributed by atoms with Gasteiger partial charge in [-0.05, 0) is 31.6 Å². The summed E-state index contributed by atoms with van der Waals surface area (Å²) in [5.74, 6) is 1.77. The fourth-order valence-corrected chi connectivity index (χ4v) is 4.40. The second kappa shape index (κ2) is 6.25. The van der Waals surface area contributed by atoms with Crippen LogP contribution in [0.2, 0.25) is 0 Å². The van der Waals surface area contributed by atoms with Crippen molar-refractivity contribution in [3.8, 4) is 0 Å². The first kappa shape index (κ1) is 14.7. The third-order valence-electron chi connectivity index (χ3n) is 4.76. The molecule has 2 atom stereocenters. The van der Waals surface area contributed by atoms with E-state index in [9.17, 15) is 4.79 Å². The Hall–Kier alpha value is -1.24. The van der Waals surface area contributed by atoms with Crippen molar-refractivity contribution in [3.63, 3.8) is 0 Å². The van der Waals surface area contributed by atoms with E-state index in [4.69, 9.17) is 5.73 Å². The van der Waals surface area contributed by atoms with Gasteiger partial charge in [0.2, 0.25) is 11.9 Å². The number of fused-ring (bicyclic) bond motifs is 1. The summed E-state index contributed by atoms with van der Waals surface area (Å²) in [7, 11) is 1.82. The van der Waals surface area contributed by atoms with Crippen LogP contribution in [0.25, 0.3) is 0 Å². The van der Waals surface area contributed by atoms with Gasteiger partial charge in [0.05, 0.1) is 5.75 Å². The Kier molecular flexibility index (Phi) is 4.37. The molecule has 3 rings (SSSR count). The summed E-state index contributed by atoms with van der Waals surface area (Å²) in [4.78, 5) is 14.7. The number of carbonyl (C=O) groups excluding carboxylic acids is 1. The SMILES string of the molecule is Cn1c(N)nnc1SCC(=O)N1CCCC2CCCCC21. The molecule has 2 N–H and O–H groups in total. The molecule has 2 aliphatic rings. The summed E-state index contributed by atoms with van der Waals surface area (Å²) in [6.07, 6.45) is 7.50. The van der Waals surface area contributed by atoms with E-state index in [1.54, 1.807) is 4.57 Å². The van der Waals surface area contributed by atoms with Gasteiger partial charge in [-0.2, -0.15) is 0 Å². The van der Waals surface area contributed by atoms with Crippen LogP contribution in [0.4, 0.5) is 5.95 Å². The van der Waals surface area contributed by atoms with Crippen molar-refractivity contribution in [2.75, 3.05) is 18.0 Å². The average Bonchev–Trinajstić information content (AvgIpc) is 2.84. The smallest absolute Gasteiger partial charge is 0.233 e. The summed E-state index contributed by atoms with van der Waals surface area (Å²) in [6, 6.07) is 0.477. The summed E-state index contributed by atoms with van der Waals surface area (Å²) in [6.45, 7) is 0.918. The molecule has 0 bridgehead atoms. The van der Waals surface area contributed by atoms with Gasteiger partial charge in [0.15, 0.2) is 5.16 Å². The fraction of sp³-hybridized carbons (Fsp3) is 0.786. The highest BCUT2D eigenvalue weighted by atomic mass is 32.2. The van der Waals surface area contributed by atoms with Crippen LogP contribution in [0, 0.1) is 5.92 Å². The van der Waals surface area contributed by atoms with Gasteiger partial charge in [-0.25, -0.2) is 0 Å². The summed E-state index contributed by atoms with van der Waals surface area (Å²) >= 11 is 1.43. The molecule has 0 aromatic carbocycles. The molecule has 2 unspecified atom stereocenters. The van der Waals surface area contributed by atoms with Crippen molar-refractivity contribution >= 4 is 23.6 Å². The molecular formula is C14H23N5OS. The minimum absolute atomic E-state index is 0.234. The minimum Gasteiger partial charge on any atom is -0.368 e. The van der Waals surface area contributed by atoms with Gasteiger partial charge in [0, 0.05) is 19.6 Å². The van der Waals surface area contributed by atoms with Gasteiger partial charge in [-0.1, -0.05) is 24.6 Å². The number of nitrogens with zero attached hydrogens (tertiary/aromatic N) is 4. The molecule has 1 aliphatic heterocycles. The predicted octanol–water partition coefficient (Wildman–Crippen LogP) is 1.67. The van der Waals surface area contributed by atoms with E-state index < -0.39 is 0 Å². The zero-order valence-electron chi connectivity index (χ0n) is 12.5. The van der Waals surface area contributed by atoms with Gasteiger partial charge in [0.25, 0.3) is 0 Å². The van der Waals surface area contributed by atoms with Crippen molar-refractivity contribution < 1.29 is 4.79 Å². The number of rotatable bonds is 3. The van der Waals surface area contributed by atoms with Crippen LogP contribution >= 0.6 is 11.8 Å². The monoisotopic (exact) mass is 309 g/mol. The highest BCUT2D eigenvalue weighted by Crippen LogP contribution is 2.35. The first-order valence-electron chi connectivity index (χ1n) is 7.74. The van der Waals surface area contributed by atoms with Crippen molar-refractivity contribution in [2.45, 2.75) is 49.7 Å². The topological polar surface area (TPSA) is 77.0 Å². The van der Waals surface area contributed by atoms with Crippen LogP contribution < -0.4 is 5.73 Å². The molecule has 0 spiro atoms. The number of hydrogen-bond acceptors (Lipinski definition) is 5. The average molecular weight is 309 g/mol. The standard InChI is InChI=1S/C14H23N5OS/c1-18-13(15)16-17-14(18)21-9-12(20)19-8-4-6-10-5-2-3-7-11(10)19/h10-11H,2-9H2,1H3,(H2,15,16). The van der Waals surface area contributed by atoms with E-state index in [0.717, 1.165) is 18.9 Å². The first-order chi connectivity index (χ1) is 10.2. The molecular weight excluding hydrogens is 286 g/mol. The number of likely N-dealkylation sites (tertiary alicyclic amines) is 1. The molecule has 2 heterocycles. The summed E-state index contributed by atoms with van der Waals surface area (Å²) in [5, 5.41) is 8.52. The predicted molar refractivity (Wildman–Crippen MR) is 82.8 cm³/mol. The van der Waals surface area contributed by atoms with Gasteiger partial charge < -0.3 is 10.6 Å². The molecule has 21 heavy (non-hydrogen) atoms. The molecule has 1 amide bonds. The van der Waals surface area contributed by atoms with Crippen LogP contribution in [0.5, 0.6) is 0 Å². The number of nitrogens with two attached hydrogens (primary N) is 1. The summed E-state index contributed by atoms with van der Waals surface area (Å²) in [5.41, 5.74) is 5.66. The maximum Gasteiger partial charge on any atom is 0.233 e. The molecule has 6 nitrogen and oxygen atoms in total. The second-order valence-electron chi connectivity index (χ2n) is 6.03. The lowest BCUT2D eigenvalue weighted by molar-refractivity contribution is -0.134. The Bertz CT molecular complexity index is 515. The van der Waals surface area contributed by atoms with Crippen LogP contribution in [0.1, 0.15) is 38.5 Å². The number of anilines is 1. The highest BCUT2D eigenvalue weighted by molar-refractivity contribution is 7.99. The van der Waals surface area contributed by atoms with Crippen LogP contribution in [-0.2, 0) is 11.8 Å². The number of hydrogen-bond donors (Lipinski definition) is 1. The van der Waals surface area contributed by atoms with E-state index >= 15 is 0 Å². The van der Waals surface area contributed by atoms with E-state index in [-0.39, 0.29) is 5.91 Å². The van der Waals surface area contributed by atoms with Crippen LogP contribution in [0.15, 0.2) is 5.16 Å². The molecule has 7 heteroatoms. The number of nitrogen functional groups attached to an aromatic ring is 1. The second-order valence-corrected chi connectivity index (χ2v) is 6.97. The Morgan fingerprint density at radius 2 is 2.05 bits per heavy atom. The van der Waals surface area contributed by atoms with E-state index in [1.165, 1.54) is 43.9 Å². The molecule has 116 valence electrons. The Balaban J connectivity index is 1.60. The highest BCUT2D eigenvalue weighted by Gasteiger charge is 2.35. The third-order valence-corrected chi connectivity index (χ3v) is 5.76. The Morgan fingerprint density at radius 3 is 2.81 bits per heavy atom. The lowest BCUT2D eigenvalue weighted by Gasteiger charge is -2.44. The normalized spacial score (nSPS) is 25.7. The van der Waals surface area contributed by atoms with Gasteiger partial charge in [-0.3, -0.25) is 9.36 Å². The summed E-state index contributed by atoms with van der Waals surface area (Å²) < 4.78 is 1.72. The number of aromatic nitrogens is 3. The van der Waals surface area contributed by atoms with Crippen molar-refractivity contribution in [2.24, 2.45) is 13.0 Å². The van der Waals surface area contributed by atoms with Crippen molar-refractivity contribution in [3.05, 3.63) is 0 Å². The largest absolute Gasteiger partial charge is 0.368 e. The third kappa shape index (κ3) is 3.02. The number of piperidine rings is 1. The van der Waals surface area contributed by atoms with Crippen LogP contribution in [0.3, 0.4) is 0 Å². The molecule has 1 aliphatic carbocycles. The maximum atomic E-state index is 12.6. The Morgan fingerprint density at radius 1 is 1.29 bits per heavy atom. The molecule has 0 radical (unpaired) electrons.